The van der Waals surface area contributed by atoms with Crippen molar-refractivity contribution in [3.8, 4) is 11.8 Å². The van der Waals surface area contributed by atoms with Crippen molar-refractivity contribution in [2.75, 3.05) is 26.2 Å². The monoisotopic (exact) mass is 287 g/mol. The number of pyridine rings is 1. The lowest BCUT2D eigenvalue weighted by atomic mass is 10.1. The van der Waals surface area contributed by atoms with Gasteiger partial charge in [0, 0.05) is 25.7 Å². The van der Waals surface area contributed by atoms with Gasteiger partial charge in [0.1, 0.15) is 5.69 Å². The van der Waals surface area contributed by atoms with Crippen molar-refractivity contribution in [3.63, 3.8) is 0 Å². The lowest BCUT2D eigenvalue weighted by Gasteiger charge is -2.18. The van der Waals surface area contributed by atoms with Crippen LogP contribution in [-0.4, -0.2) is 53.0 Å². The van der Waals surface area contributed by atoms with Gasteiger partial charge in [-0.3, -0.25) is 9.59 Å². The number of hydrogen-bond donors (Lipinski definition) is 2. The first kappa shape index (κ1) is 15.0. The molecule has 1 aliphatic heterocycles. The summed E-state index contributed by atoms with van der Waals surface area (Å²) in [6, 6.07) is 3.41. The number of nitrogens with zero attached hydrogens (tertiary/aromatic N) is 2. The van der Waals surface area contributed by atoms with E-state index in [1.807, 2.05) is 0 Å². The molecule has 1 aliphatic rings. The Bertz CT molecular complexity index is 589. The Morgan fingerprint density at radius 3 is 3.19 bits per heavy atom. The number of nitrogens with one attached hydrogen (secondary N) is 1. The van der Waals surface area contributed by atoms with Gasteiger partial charge in [0.2, 0.25) is 5.91 Å². The maximum absolute atomic E-state index is 12.5. The van der Waals surface area contributed by atoms with E-state index >= 15 is 0 Å². The second kappa shape index (κ2) is 7.41. The van der Waals surface area contributed by atoms with Gasteiger partial charge < -0.3 is 15.3 Å². The first-order valence-electron chi connectivity index (χ1n) is 6.83. The average Bonchev–Trinajstić information content (AvgIpc) is 2.72. The van der Waals surface area contributed by atoms with Gasteiger partial charge in [-0.2, -0.15) is 0 Å². The van der Waals surface area contributed by atoms with Crippen molar-refractivity contribution in [3.05, 3.63) is 29.6 Å². The molecule has 110 valence electrons. The molecule has 0 radical (unpaired) electrons. The molecule has 1 aromatic heterocycles. The minimum absolute atomic E-state index is 0.0250. The first-order chi connectivity index (χ1) is 10.2. The Morgan fingerprint density at radius 1 is 1.52 bits per heavy atom. The maximum atomic E-state index is 12.5. The molecule has 1 saturated heterocycles. The standard InChI is InChI=1S/C15H17N3O3/c19-10-2-1-5-12-6-3-7-17-14(12)15(21)18-9-4-8-16-13(20)11-18/h3,6-7,19H,2,4,8-11H2,(H,16,20). The highest BCUT2D eigenvalue weighted by atomic mass is 16.2. The lowest BCUT2D eigenvalue weighted by molar-refractivity contribution is -0.121. The topological polar surface area (TPSA) is 82.5 Å². The molecule has 21 heavy (non-hydrogen) atoms. The van der Waals surface area contributed by atoms with Gasteiger partial charge in [0.05, 0.1) is 18.7 Å². The molecule has 0 atom stereocenters. The van der Waals surface area contributed by atoms with E-state index in [9.17, 15) is 9.59 Å². The van der Waals surface area contributed by atoms with Crippen LogP contribution in [0.4, 0.5) is 0 Å². The van der Waals surface area contributed by atoms with Crippen molar-refractivity contribution in [2.45, 2.75) is 12.8 Å². The Hall–Kier alpha value is -2.39. The minimum Gasteiger partial charge on any atom is -0.395 e. The third-order valence-electron chi connectivity index (χ3n) is 3.02. The zero-order valence-corrected chi connectivity index (χ0v) is 11.6. The number of carbonyl (C=O) groups excluding carboxylic acids is 2. The molecule has 0 bridgehead atoms. The summed E-state index contributed by atoms with van der Waals surface area (Å²) < 4.78 is 0. The quantitative estimate of drug-likeness (QED) is 0.737. The zero-order chi connectivity index (χ0) is 15.1. The van der Waals surface area contributed by atoms with Crippen LogP contribution in [0.3, 0.4) is 0 Å². The molecular formula is C15H17N3O3. The van der Waals surface area contributed by atoms with E-state index < -0.39 is 0 Å². The fourth-order valence-corrected chi connectivity index (χ4v) is 2.02. The first-order valence-corrected chi connectivity index (χ1v) is 6.83. The van der Waals surface area contributed by atoms with Crippen LogP contribution in [-0.2, 0) is 4.79 Å². The molecule has 0 aromatic carbocycles. The summed E-state index contributed by atoms with van der Waals surface area (Å²) in [4.78, 5) is 29.7. The van der Waals surface area contributed by atoms with Crippen LogP contribution in [0.2, 0.25) is 0 Å². The summed E-state index contributed by atoms with van der Waals surface area (Å²) in [6.07, 6.45) is 2.59. The molecule has 2 N–H and O–H groups in total. The summed E-state index contributed by atoms with van der Waals surface area (Å²) in [5, 5.41) is 11.5. The van der Waals surface area contributed by atoms with Gasteiger partial charge in [-0.1, -0.05) is 11.8 Å². The fraction of sp³-hybridized carbons (Fsp3) is 0.400. The van der Waals surface area contributed by atoms with Crippen molar-refractivity contribution in [1.82, 2.24) is 15.2 Å². The number of aliphatic hydroxyl groups excluding tert-OH is 1. The van der Waals surface area contributed by atoms with Crippen LogP contribution in [0.25, 0.3) is 0 Å². The lowest BCUT2D eigenvalue weighted by Crippen LogP contribution is -2.38. The van der Waals surface area contributed by atoms with Crippen LogP contribution in [0, 0.1) is 11.8 Å². The second-order valence-electron chi connectivity index (χ2n) is 4.61. The summed E-state index contributed by atoms with van der Waals surface area (Å²) in [6.45, 7) is 1.10. The Labute approximate surface area is 123 Å². The van der Waals surface area contributed by atoms with Gasteiger partial charge in [0.15, 0.2) is 0 Å². The maximum Gasteiger partial charge on any atom is 0.274 e. The Morgan fingerprint density at radius 2 is 2.38 bits per heavy atom. The number of rotatable bonds is 2. The molecule has 6 nitrogen and oxygen atoms in total. The summed E-state index contributed by atoms with van der Waals surface area (Å²) >= 11 is 0. The largest absolute Gasteiger partial charge is 0.395 e. The van der Waals surface area contributed by atoms with E-state index in [1.54, 1.807) is 12.1 Å². The molecule has 2 rings (SSSR count). The predicted molar refractivity (Wildman–Crippen MR) is 76.3 cm³/mol. The van der Waals surface area contributed by atoms with Gasteiger partial charge in [-0.05, 0) is 18.6 Å². The molecule has 0 spiro atoms. The highest BCUT2D eigenvalue weighted by Gasteiger charge is 2.23. The molecule has 0 unspecified atom stereocenters. The molecule has 2 heterocycles. The number of carbonyl (C=O) groups is 2. The van der Waals surface area contributed by atoms with E-state index in [0.29, 0.717) is 25.1 Å². The van der Waals surface area contributed by atoms with E-state index in [2.05, 4.69) is 22.1 Å². The molecule has 0 saturated carbocycles. The third kappa shape index (κ3) is 4.04. The van der Waals surface area contributed by atoms with Crippen LogP contribution in [0.15, 0.2) is 18.3 Å². The highest BCUT2D eigenvalue weighted by molar-refractivity contribution is 5.97. The molecule has 1 aromatic rings. The molecule has 1 fully saturated rings. The third-order valence-corrected chi connectivity index (χ3v) is 3.02. The highest BCUT2D eigenvalue weighted by Crippen LogP contribution is 2.09. The van der Waals surface area contributed by atoms with Gasteiger partial charge in [-0.15, -0.1) is 0 Å². The predicted octanol–water partition coefficient (Wildman–Crippen LogP) is -0.222. The molecule has 0 aliphatic carbocycles. The molecular weight excluding hydrogens is 270 g/mol. The van der Waals surface area contributed by atoms with Crippen LogP contribution < -0.4 is 5.32 Å². The smallest absolute Gasteiger partial charge is 0.274 e. The van der Waals surface area contributed by atoms with E-state index in [4.69, 9.17) is 5.11 Å². The Kier molecular flexibility index (Phi) is 5.29. The van der Waals surface area contributed by atoms with E-state index in [-0.39, 0.29) is 30.7 Å². The van der Waals surface area contributed by atoms with Gasteiger partial charge in [0.25, 0.3) is 5.91 Å². The number of aromatic nitrogens is 1. The van der Waals surface area contributed by atoms with Gasteiger partial charge in [-0.25, -0.2) is 4.98 Å². The zero-order valence-electron chi connectivity index (χ0n) is 11.6. The normalized spacial score (nSPS) is 14.7. The van der Waals surface area contributed by atoms with Crippen LogP contribution in [0.1, 0.15) is 28.9 Å². The second-order valence-corrected chi connectivity index (χ2v) is 4.61. The van der Waals surface area contributed by atoms with E-state index in [1.165, 1.54) is 11.1 Å². The van der Waals surface area contributed by atoms with E-state index in [0.717, 1.165) is 6.42 Å². The Balaban J connectivity index is 2.22. The van der Waals surface area contributed by atoms with Gasteiger partial charge >= 0.3 is 0 Å². The summed E-state index contributed by atoms with van der Waals surface area (Å²) in [7, 11) is 0. The van der Waals surface area contributed by atoms with Crippen molar-refractivity contribution >= 4 is 11.8 Å². The van der Waals surface area contributed by atoms with Crippen molar-refractivity contribution in [1.29, 1.82) is 0 Å². The number of amides is 2. The molecule has 6 heteroatoms. The van der Waals surface area contributed by atoms with Crippen molar-refractivity contribution in [2.24, 2.45) is 0 Å². The molecule has 2 amide bonds. The van der Waals surface area contributed by atoms with Crippen LogP contribution in [0.5, 0.6) is 0 Å². The SMILES string of the molecule is O=C1CN(C(=O)c2ncccc2C#CCCO)CCCN1. The number of aliphatic hydroxyl groups is 1. The summed E-state index contributed by atoms with van der Waals surface area (Å²) in [5.41, 5.74) is 0.762. The van der Waals surface area contributed by atoms with Crippen molar-refractivity contribution < 1.29 is 14.7 Å². The minimum atomic E-state index is -0.291. The summed E-state index contributed by atoms with van der Waals surface area (Å²) in [5.74, 6) is 5.17. The number of hydrogen-bond acceptors (Lipinski definition) is 4. The fourth-order valence-electron chi connectivity index (χ4n) is 2.02. The van der Waals surface area contributed by atoms with Crippen LogP contribution >= 0.6 is 0 Å². The average molecular weight is 287 g/mol.